The number of amides is 2. The van der Waals surface area contributed by atoms with Gasteiger partial charge in [0.05, 0.1) is 11.1 Å². The predicted molar refractivity (Wildman–Crippen MR) is 132 cm³/mol. The van der Waals surface area contributed by atoms with Crippen molar-refractivity contribution in [3.63, 3.8) is 0 Å². The number of likely N-dealkylation sites (N-methyl/N-ethyl adjacent to an activating group) is 1. The van der Waals surface area contributed by atoms with Gasteiger partial charge in [0.1, 0.15) is 17.7 Å². The molecule has 0 unspecified atom stereocenters. The van der Waals surface area contributed by atoms with Crippen molar-refractivity contribution in [1.29, 1.82) is 0 Å². The smallest absolute Gasteiger partial charge is 0.341 e. The highest BCUT2D eigenvalue weighted by Gasteiger charge is 2.48. The molecule has 38 heavy (non-hydrogen) atoms. The fraction of sp³-hybridized carbons (Fsp3) is 0.500. The fourth-order valence-electron chi connectivity index (χ4n) is 5.86. The van der Waals surface area contributed by atoms with Crippen molar-refractivity contribution >= 4 is 11.8 Å². The van der Waals surface area contributed by atoms with Gasteiger partial charge in [-0.25, -0.2) is 8.78 Å². The van der Waals surface area contributed by atoms with Crippen LogP contribution in [0.1, 0.15) is 54.1 Å². The minimum atomic E-state index is -4.74. The first-order chi connectivity index (χ1) is 17.8. The SMILES string of the molecule is CC(C)[C@@H](NC(=O)c1cc(C(F)(F)F)ccc1F)C(=O)N1CCC2(CC1)CN(C)C[C@H]2c1ccc(F)cc1. The number of piperidine rings is 1. The second kappa shape index (κ2) is 10.6. The molecule has 2 aliphatic rings. The summed E-state index contributed by atoms with van der Waals surface area (Å²) in [5.41, 5.74) is -0.922. The summed E-state index contributed by atoms with van der Waals surface area (Å²) in [6, 6.07) is 7.16. The molecule has 2 saturated heterocycles. The molecule has 4 rings (SSSR count). The van der Waals surface area contributed by atoms with E-state index in [4.69, 9.17) is 0 Å². The topological polar surface area (TPSA) is 52.7 Å². The number of hydrogen-bond acceptors (Lipinski definition) is 3. The van der Waals surface area contributed by atoms with Crippen LogP contribution < -0.4 is 5.32 Å². The Labute approximate surface area is 219 Å². The van der Waals surface area contributed by atoms with Gasteiger partial charge in [0.2, 0.25) is 5.91 Å². The van der Waals surface area contributed by atoms with E-state index in [1.807, 2.05) is 19.2 Å². The molecule has 10 heteroatoms. The van der Waals surface area contributed by atoms with E-state index in [0.29, 0.717) is 44.1 Å². The number of carbonyl (C=O) groups excluding carboxylic acids is 2. The molecule has 2 amide bonds. The van der Waals surface area contributed by atoms with Crippen molar-refractivity contribution in [3.8, 4) is 0 Å². The lowest BCUT2D eigenvalue weighted by Gasteiger charge is -2.44. The van der Waals surface area contributed by atoms with Gasteiger partial charge in [-0.2, -0.15) is 13.2 Å². The molecule has 1 spiro atoms. The second-order valence-corrected chi connectivity index (χ2v) is 10.9. The standard InChI is InChI=1S/C28H32F5N3O2/c1-17(2)24(34-25(37)21-14-19(28(31,32)33)6-9-23(21)30)26(38)36-12-10-27(11-13-36)16-35(3)15-22(27)18-4-7-20(29)8-5-18/h4-9,14,17,22,24H,10-13,15-16H2,1-3H3,(H,34,37)/t22-,24+/m0/s1. The summed E-state index contributed by atoms with van der Waals surface area (Å²) < 4.78 is 67.1. The first-order valence-corrected chi connectivity index (χ1v) is 12.7. The van der Waals surface area contributed by atoms with Crippen LogP contribution in [0.25, 0.3) is 0 Å². The molecule has 2 fully saturated rings. The average Bonchev–Trinajstić information content (AvgIpc) is 3.17. The number of alkyl halides is 3. The first kappa shape index (κ1) is 28.0. The quantitative estimate of drug-likeness (QED) is 0.542. The van der Waals surface area contributed by atoms with E-state index in [-0.39, 0.29) is 29.0 Å². The number of benzene rings is 2. The molecule has 1 N–H and O–H groups in total. The molecule has 5 nitrogen and oxygen atoms in total. The molecule has 2 atom stereocenters. The molecule has 2 aromatic carbocycles. The molecule has 0 saturated carbocycles. The third kappa shape index (κ3) is 5.70. The third-order valence-corrected chi connectivity index (χ3v) is 7.92. The summed E-state index contributed by atoms with van der Waals surface area (Å²) in [6.45, 7) is 5.99. The van der Waals surface area contributed by atoms with Crippen molar-refractivity contribution in [2.24, 2.45) is 11.3 Å². The highest BCUT2D eigenvalue weighted by atomic mass is 19.4. The Kier molecular flexibility index (Phi) is 7.84. The van der Waals surface area contributed by atoms with Crippen LogP contribution in [0.3, 0.4) is 0 Å². The van der Waals surface area contributed by atoms with E-state index in [1.54, 1.807) is 18.7 Å². The number of hydrogen-bond donors (Lipinski definition) is 1. The summed E-state index contributed by atoms with van der Waals surface area (Å²) in [5.74, 6) is -2.98. The first-order valence-electron chi connectivity index (χ1n) is 12.7. The Morgan fingerprint density at radius 3 is 2.24 bits per heavy atom. The highest BCUT2D eigenvalue weighted by molar-refractivity contribution is 5.98. The number of rotatable bonds is 5. The summed E-state index contributed by atoms with van der Waals surface area (Å²) in [5, 5.41) is 2.48. The van der Waals surface area contributed by atoms with Crippen molar-refractivity contribution in [1.82, 2.24) is 15.1 Å². The number of nitrogens with zero attached hydrogens (tertiary/aromatic N) is 2. The Balaban J connectivity index is 1.47. The van der Waals surface area contributed by atoms with Crippen molar-refractivity contribution in [2.75, 3.05) is 33.2 Å². The van der Waals surface area contributed by atoms with Gasteiger partial charge in [0.15, 0.2) is 0 Å². The van der Waals surface area contributed by atoms with E-state index < -0.39 is 35.1 Å². The van der Waals surface area contributed by atoms with Crippen LogP contribution in [0.2, 0.25) is 0 Å². The molecule has 2 aromatic rings. The largest absolute Gasteiger partial charge is 0.416 e. The van der Waals surface area contributed by atoms with Crippen LogP contribution >= 0.6 is 0 Å². The normalized spacial score (nSPS) is 20.7. The summed E-state index contributed by atoms with van der Waals surface area (Å²) >= 11 is 0. The maximum atomic E-state index is 14.3. The van der Waals surface area contributed by atoms with Crippen LogP contribution in [0.4, 0.5) is 22.0 Å². The molecule has 2 aliphatic heterocycles. The minimum Gasteiger partial charge on any atom is -0.341 e. The Hall–Kier alpha value is -3.01. The van der Waals surface area contributed by atoms with Gasteiger partial charge in [-0.1, -0.05) is 26.0 Å². The highest BCUT2D eigenvalue weighted by Crippen LogP contribution is 2.49. The predicted octanol–water partition coefficient (Wildman–Crippen LogP) is 5.08. The number of likely N-dealkylation sites (tertiary alicyclic amines) is 2. The van der Waals surface area contributed by atoms with E-state index in [1.165, 1.54) is 12.1 Å². The Morgan fingerprint density at radius 2 is 1.66 bits per heavy atom. The van der Waals surface area contributed by atoms with Gasteiger partial charge < -0.3 is 15.1 Å². The molecular formula is C28H32F5N3O2. The molecule has 2 heterocycles. The van der Waals surface area contributed by atoms with Gasteiger partial charge in [0, 0.05) is 32.1 Å². The van der Waals surface area contributed by atoms with Gasteiger partial charge in [0.25, 0.3) is 5.91 Å². The Morgan fingerprint density at radius 1 is 1.03 bits per heavy atom. The summed E-state index contributed by atoms with van der Waals surface area (Å²) in [6.07, 6.45) is -3.31. The van der Waals surface area contributed by atoms with Crippen molar-refractivity contribution < 1.29 is 31.5 Å². The number of nitrogens with one attached hydrogen (secondary N) is 1. The number of carbonyl (C=O) groups is 2. The molecular weight excluding hydrogens is 505 g/mol. The molecule has 0 aliphatic carbocycles. The maximum Gasteiger partial charge on any atom is 0.416 e. The van der Waals surface area contributed by atoms with Gasteiger partial charge in [-0.3, -0.25) is 9.59 Å². The molecule has 0 radical (unpaired) electrons. The summed E-state index contributed by atoms with van der Waals surface area (Å²) in [7, 11) is 2.04. The van der Waals surface area contributed by atoms with Crippen LogP contribution in [-0.2, 0) is 11.0 Å². The fourth-order valence-corrected chi connectivity index (χ4v) is 5.86. The summed E-state index contributed by atoms with van der Waals surface area (Å²) in [4.78, 5) is 30.2. The van der Waals surface area contributed by atoms with Crippen molar-refractivity contribution in [2.45, 2.75) is 44.8 Å². The lowest BCUT2D eigenvalue weighted by atomic mass is 9.68. The lowest BCUT2D eigenvalue weighted by Crippen LogP contribution is -2.54. The van der Waals surface area contributed by atoms with Crippen molar-refractivity contribution in [3.05, 3.63) is 70.8 Å². The lowest BCUT2D eigenvalue weighted by molar-refractivity contribution is -0.138. The van der Waals surface area contributed by atoms with Crippen LogP contribution in [-0.4, -0.2) is 60.9 Å². The van der Waals surface area contributed by atoms with Gasteiger partial charge in [-0.15, -0.1) is 0 Å². The molecule has 0 aromatic heterocycles. The average molecular weight is 538 g/mol. The zero-order chi connectivity index (χ0) is 27.8. The van der Waals surface area contributed by atoms with Crippen LogP contribution in [0.15, 0.2) is 42.5 Å². The zero-order valence-corrected chi connectivity index (χ0v) is 21.6. The molecule has 0 bridgehead atoms. The van der Waals surface area contributed by atoms with Gasteiger partial charge >= 0.3 is 6.18 Å². The Bertz CT molecular complexity index is 1170. The second-order valence-electron chi connectivity index (χ2n) is 10.9. The zero-order valence-electron chi connectivity index (χ0n) is 21.6. The van der Waals surface area contributed by atoms with Crippen LogP contribution in [0, 0.1) is 23.0 Å². The molecule has 206 valence electrons. The van der Waals surface area contributed by atoms with E-state index >= 15 is 0 Å². The van der Waals surface area contributed by atoms with Crippen LogP contribution in [0.5, 0.6) is 0 Å². The maximum absolute atomic E-state index is 14.3. The monoisotopic (exact) mass is 537 g/mol. The van der Waals surface area contributed by atoms with E-state index in [9.17, 15) is 31.5 Å². The van der Waals surface area contributed by atoms with E-state index in [0.717, 1.165) is 18.7 Å². The number of halogens is 5. The van der Waals surface area contributed by atoms with E-state index in [2.05, 4.69) is 10.2 Å². The van der Waals surface area contributed by atoms with Gasteiger partial charge in [-0.05, 0) is 67.1 Å². The minimum absolute atomic E-state index is 0.0822. The third-order valence-electron chi connectivity index (χ3n) is 7.92.